The molecule has 0 bridgehead atoms. The summed E-state index contributed by atoms with van der Waals surface area (Å²) in [6.07, 6.45) is 6.79. The molecule has 0 radical (unpaired) electrons. The zero-order chi connectivity index (χ0) is 10.7. The third kappa shape index (κ3) is 2.71. The van der Waals surface area contributed by atoms with E-state index in [0.717, 1.165) is 13.2 Å². The second-order valence-electron chi connectivity index (χ2n) is 5.04. The number of nitrogens with one attached hydrogen (secondary N) is 1. The first kappa shape index (κ1) is 11.4. The number of rotatable bonds is 4. The molecule has 88 valence electrons. The van der Waals surface area contributed by atoms with Crippen LogP contribution in [0.1, 0.15) is 39.0 Å². The summed E-state index contributed by atoms with van der Waals surface area (Å²) in [6, 6.07) is 1.12. The predicted molar refractivity (Wildman–Crippen MR) is 61.8 cm³/mol. The first-order valence-electron chi connectivity index (χ1n) is 6.39. The molecule has 2 rings (SSSR count). The standard InChI is InChI=1S/C12H24N2O/c1-9(12-6-3-7-15-12)14-11-5-2-4-10(11)8-13/h9-12,14H,2-8,13H2,1H3. The number of hydrogen-bond donors (Lipinski definition) is 2. The van der Waals surface area contributed by atoms with Gasteiger partial charge in [0, 0.05) is 18.7 Å². The molecule has 0 aromatic carbocycles. The van der Waals surface area contributed by atoms with E-state index in [1.165, 1.54) is 32.1 Å². The van der Waals surface area contributed by atoms with Crippen molar-refractivity contribution in [1.82, 2.24) is 5.32 Å². The first-order chi connectivity index (χ1) is 7.31. The minimum absolute atomic E-state index is 0.434. The van der Waals surface area contributed by atoms with Gasteiger partial charge in [0.15, 0.2) is 0 Å². The molecule has 0 aromatic heterocycles. The molecule has 1 saturated carbocycles. The van der Waals surface area contributed by atoms with Gasteiger partial charge in [0.05, 0.1) is 6.10 Å². The molecule has 4 unspecified atom stereocenters. The molecule has 4 atom stereocenters. The van der Waals surface area contributed by atoms with E-state index in [9.17, 15) is 0 Å². The van der Waals surface area contributed by atoms with Crippen LogP contribution in [-0.2, 0) is 4.74 Å². The summed E-state index contributed by atoms with van der Waals surface area (Å²) in [5, 5.41) is 3.72. The fourth-order valence-electron chi connectivity index (χ4n) is 2.98. The lowest BCUT2D eigenvalue weighted by atomic mass is 10.0. The monoisotopic (exact) mass is 212 g/mol. The van der Waals surface area contributed by atoms with Crippen LogP contribution in [0, 0.1) is 5.92 Å². The molecule has 0 spiro atoms. The molecule has 3 nitrogen and oxygen atoms in total. The van der Waals surface area contributed by atoms with Crippen LogP contribution in [0.4, 0.5) is 0 Å². The molecule has 3 N–H and O–H groups in total. The van der Waals surface area contributed by atoms with E-state index in [1.54, 1.807) is 0 Å². The van der Waals surface area contributed by atoms with E-state index in [2.05, 4.69) is 12.2 Å². The van der Waals surface area contributed by atoms with Crippen molar-refractivity contribution in [2.24, 2.45) is 11.7 Å². The fourth-order valence-corrected chi connectivity index (χ4v) is 2.98. The summed E-state index contributed by atoms with van der Waals surface area (Å²) >= 11 is 0. The van der Waals surface area contributed by atoms with Crippen molar-refractivity contribution in [3.63, 3.8) is 0 Å². The molecule has 1 aliphatic carbocycles. The van der Waals surface area contributed by atoms with Crippen LogP contribution in [0.2, 0.25) is 0 Å². The van der Waals surface area contributed by atoms with Crippen molar-refractivity contribution in [2.45, 2.75) is 57.2 Å². The van der Waals surface area contributed by atoms with Gasteiger partial charge >= 0.3 is 0 Å². The van der Waals surface area contributed by atoms with Gasteiger partial charge in [-0.05, 0) is 45.1 Å². The molecule has 15 heavy (non-hydrogen) atoms. The fraction of sp³-hybridized carbons (Fsp3) is 1.00. The van der Waals surface area contributed by atoms with Crippen molar-refractivity contribution in [2.75, 3.05) is 13.2 Å². The van der Waals surface area contributed by atoms with Gasteiger partial charge in [-0.1, -0.05) is 6.42 Å². The van der Waals surface area contributed by atoms with Gasteiger partial charge in [-0.25, -0.2) is 0 Å². The molecule has 0 amide bonds. The van der Waals surface area contributed by atoms with Crippen molar-refractivity contribution in [1.29, 1.82) is 0 Å². The number of nitrogens with two attached hydrogens (primary N) is 1. The highest BCUT2D eigenvalue weighted by Gasteiger charge is 2.30. The van der Waals surface area contributed by atoms with E-state index in [-0.39, 0.29) is 0 Å². The highest BCUT2D eigenvalue weighted by molar-refractivity contribution is 4.88. The Kier molecular flexibility index (Phi) is 4.00. The third-order valence-electron chi connectivity index (χ3n) is 3.96. The lowest BCUT2D eigenvalue weighted by molar-refractivity contribution is 0.0778. The Balaban J connectivity index is 1.79. The van der Waals surface area contributed by atoms with Gasteiger partial charge in [-0.2, -0.15) is 0 Å². The zero-order valence-corrected chi connectivity index (χ0v) is 9.74. The average Bonchev–Trinajstić information content (AvgIpc) is 2.87. The second-order valence-corrected chi connectivity index (χ2v) is 5.04. The smallest absolute Gasteiger partial charge is 0.0726 e. The van der Waals surface area contributed by atoms with Crippen LogP contribution in [0.3, 0.4) is 0 Å². The maximum atomic E-state index is 5.78. The van der Waals surface area contributed by atoms with E-state index < -0.39 is 0 Å². The zero-order valence-electron chi connectivity index (χ0n) is 9.74. The summed E-state index contributed by atoms with van der Waals surface area (Å²) in [5.41, 5.74) is 5.78. The summed E-state index contributed by atoms with van der Waals surface area (Å²) < 4.78 is 5.70. The first-order valence-corrected chi connectivity index (χ1v) is 6.39. The van der Waals surface area contributed by atoms with E-state index in [0.29, 0.717) is 24.1 Å². The molecule has 2 aliphatic rings. The van der Waals surface area contributed by atoms with Crippen molar-refractivity contribution in [3.05, 3.63) is 0 Å². The van der Waals surface area contributed by atoms with Crippen LogP contribution in [0.15, 0.2) is 0 Å². The molecular formula is C12H24N2O. The van der Waals surface area contributed by atoms with Crippen LogP contribution in [0.5, 0.6) is 0 Å². The molecule has 3 heteroatoms. The normalized spacial score (nSPS) is 38.4. The van der Waals surface area contributed by atoms with Gasteiger partial charge in [0.2, 0.25) is 0 Å². The SMILES string of the molecule is CC(NC1CCCC1CN)C1CCCO1. The molecule has 0 aromatic rings. The number of ether oxygens (including phenoxy) is 1. The van der Waals surface area contributed by atoms with Crippen LogP contribution >= 0.6 is 0 Å². The van der Waals surface area contributed by atoms with Crippen LogP contribution in [-0.4, -0.2) is 31.3 Å². The summed E-state index contributed by atoms with van der Waals surface area (Å²) in [7, 11) is 0. The van der Waals surface area contributed by atoms with Crippen LogP contribution < -0.4 is 11.1 Å². The summed E-state index contributed by atoms with van der Waals surface area (Å²) in [4.78, 5) is 0. The van der Waals surface area contributed by atoms with Gasteiger partial charge in [0.25, 0.3) is 0 Å². The highest BCUT2D eigenvalue weighted by atomic mass is 16.5. The molecule has 2 fully saturated rings. The Morgan fingerprint density at radius 2 is 2.20 bits per heavy atom. The van der Waals surface area contributed by atoms with Gasteiger partial charge in [-0.3, -0.25) is 0 Å². The third-order valence-corrected chi connectivity index (χ3v) is 3.96. The maximum absolute atomic E-state index is 5.78. The minimum atomic E-state index is 0.434. The van der Waals surface area contributed by atoms with Crippen molar-refractivity contribution < 1.29 is 4.74 Å². The molecule has 1 saturated heterocycles. The van der Waals surface area contributed by atoms with Gasteiger partial charge in [0.1, 0.15) is 0 Å². The Morgan fingerprint density at radius 3 is 2.87 bits per heavy atom. The maximum Gasteiger partial charge on any atom is 0.0726 e. The Morgan fingerprint density at radius 1 is 1.33 bits per heavy atom. The minimum Gasteiger partial charge on any atom is -0.377 e. The van der Waals surface area contributed by atoms with E-state index >= 15 is 0 Å². The molecule has 1 aliphatic heterocycles. The van der Waals surface area contributed by atoms with Crippen molar-refractivity contribution in [3.8, 4) is 0 Å². The van der Waals surface area contributed by atoms with Gasteiger partial charge in [-0.15, -0.1) is 0 Å². The second kappa shape index (κ2) is 5.28. The number of hydrogen-bond acceptors (Lipinski definition) is 3. The van der Waals surface area contributed by atoms with Crippen molar-refractivity contribution >= 4 is 0 Å². The molecule has 1 heterocycles. The van der Waals surface area contributed by atoms with Crippen LogP contribution in [0.25, 0.3) is 0 Å². The average molecular weight is 212 g/mol. The Hall–Kier alpha value is -0.120. The largest absolute Gasteiger partial charge is 0.377 e. The van der Waals surface area contributed by atoms with Gasteiger partial charge < -0.3 is 15.8 Å². The summed E-state index contributed by atoms with van der Waals surface area (Å²) in [5.74, 6) is 0.689. The molecular weight excluding hydrogens is 188 g/mol. The predicted octanol–water partition coefficient (Wildman–Crippen LogP) is 1.27. The highest BCUT2D eigenvalue weighted by Crippen LogP contribution is 2.26. The van der Waals surface area contributed by atoms with E-state index in [4.69, 9.17) is 10.5 Å². The Labute approximate surface area is 92.7 Å². The lowest BCUT2D eigenvalue weighted by Gasteiger charge is -2.27. The topological polar surface area (TPSA) is 47.3 Å². The quantitative estimate of drug-likeness (QED) is 0.738. The Bertz CT molecular complexity index is 192. The van der Waals surface area contributed by atoms with E-state index in [1.807, 2.05) is 0 Å². The summed E-state index contributed by atoms with van der Waals surface area (Å²) in [6.45, 7) is 4.03. The lowest BCUT2D eigenvalue weighted by Crippen LogP contribution is -2.46.